The molecule has 1 saturated carbocycles. The molecule has 112 valence electrons. The molecular weight excluding hydrogens is 280 g/mol. The molecule has 0 aromatic carbocycles. The third-order valence-corrected chi connectivity index (χ3v) is 4.63. The molecule has 2 aromatic rings. The number of anilines is 2. The summed E-state index contributed by atoms with van der Waals surface area (Å²) in [4.78, 5) is 10.8. The Morgan fingerprint density at radius 2 is 2.00 bits per heavy atom. The average molecular weight is 302 g/mol. The van der Waals surface area contributed by atoms with E-state index in [0.29, 0.717) is 5.92 Å². The first-order valence-electron chi connectivity index (χ1n) is 7.66. The molecule has 2 aromatic heterocycles. The van der Waals surface area contributed by atoms with Crippen LogP contribution in [0, 0.1) is 6.92 Å². The van der Waals surface area contributed by atoms with E-state index in [-0.39, 0.29) is 0 Å². The normalized spacial score (nSPS) is 14.2. The molecular formula is C16H22N4S. The summed E-state index contributed by atoms with van der Waals surface area (Å²) >= 11 is 1.81. The first kappa shape index (κ1) is 14.3. The second-order valence-electron chi connectivity index (χ2n) is 5.46. The summed E-state index contributed by atoms with van der Waals surface area (Å²) in [6.45, 7) is 5.98. The van der Waals surface area contributed by atoms with E-state index in [0.717, 1.165) is 42.5 Å². The summed E-state index contributed by atoms with van der Waals surface area (Å²) in [5.41, 5.74) is 1.12. The Hall–Kier alpha value is -1.62. The van der Waals surface area contributed by atoms with Gasteiger partial charge in [-0.05, 0) is 44.6 Å². The van der Waals surface area contributed by atoms with Crippen LogP contribution in [0.25, 0.3) is 0 Å². The van der Waals surface area contributed by atoms with Crippen molar-refractivity contribution in [3.05, 3.63) is 33.8 Å². The van der Waals surface area contributed by atoms with Gasteiger partial charge in [0.05, 0.1) is 0 Å². The van der Waals surface area contributed by atoms with Crippen LogP contribution < -0.4 is 10.6 Å². The number of hydrogen-bond acceptors (Lipinski definition) is 5. The molecule has 2 N–H and O–H groups in total. The van der Waals surface area contributed by atoms with Crippen molar-refractivity contribution in [3.63, 3.8) is 0 Å². The summed E-state index contributed by atoms with van der Waals surface area (Å²) in [5.74, 6) is 3.53. The number of aromatic nitrogens is 2. The fraction of sp³-hybridized carbons (Fsp3) is 0.500. The fourth-order valence-corrected chi connectivity index (χ4v) is 3.04. The van der Waals surface area contributed by atoms with Crippen molar-refractivity contribution in [1.82, 2.24) is 9.97 Å². The van der Waals surface area contributed by atoms with Gasteiger partial charge >= 0.3 is 0 Å². The molecule has 0 aliphatic heterocycles. The number of thiophene rings is 1. The van der Waals surface area contributed by atoms with Crippen molar-refractivity contribution in [2.45, 2.75) is 39.0 Å². The van der Waals surface area contributed by atoms with Crippen LogP contribution in [0.5, 0.6) is 0 Å². The van der Waals surface area contributed by atoms with Crippen molar-refractivity contribution >= 4 is 23.0 Å². The van der Waals surface area contributed by atoms with Crippen molar-refractivity contribution < 1.29 is 0 Å². The van der Waals surface area contributed by atoms with Crippen molar-refractivity contribution in [2.75, 3.05) is 23.7 Å². The quantitative estimate of drug-likeness (QED) is 0.816. The number of nitrogens with zero attached hydrogens (tertiary/aromatic N) is 2. The zero-order valence-corrected chi connectivity index (χ0v) is 13.5. The lowest BCUT2D eigenvalue weighted by atomic mass is 10.2. The van der Waals surface area contributed by atoms with Crippen LogP contribution in [0.3, 0.4) is 0 Å². The maximum Gasteiger partial charge on any atom is 0.136 e. The van der Waals surface area contributed by atoms with Gasteiger partial charge in [0.2, 0.25) is 0 Å². The zero-order chi connectivity index (χ0) is 14.7. The van der Waals surface area contributed by atoms with E-state index in [1.165, 1.54) is 17.7 Å². The summed E-state index contributed by atoms with van der Waals surface area (Å²) in [5, 5.41) is 8.97. The van der Waals surface area contributed by atoms with E-state index in [1.807, 2.05) is 0 Å². The largest absolute Gasteiger partial charge is 0.370 e. The lowest BCUT2D eigenvalue weighted by Gasteiger charge is -2.14. The predicted molar refractivity (Wildman–Crippen MR) is 89.4 cm³/mol. The maximum absolute atomic E-state index is 4.74. The minimum atomic E-state index is 0.570. The third-order valence-electron chi connectivity index (χ3n) is 3.69. The van der Waals surface area contributed by atoms with Gasteiger partial charge in [0.15, 0.2) is 0 Å². The Morgan fingerprint density at radius 3 is 2.62 bits per heavy atom. The molecule has 1 aliphatic rings. The lowest BCUT2D eigenvalue weighted by molar-refractivity contribution is 0.905. The number of rotatable bonds is 7. The van der Waals surface area contributed by atoms with E-state index in [9.17, 15) is 0 Å². The molecule has 4 nitrogen and oxygen atoms in total. The van der Waals surface area contributed by atoms with Crippen molar-refractivity contribution in [3.8, 4) is 0 Å². The summed E-state index contributed by atoms with van der Waals surface area (Å²) in [7, 11) is 0. The smallest absolute Gasteiger partial charge is 0.136 e. The second-order valence-corrected chi connectivity index (χ2v) is 6.50. The topological polar surface area (TPSA) is 49.8 Å². The molecule has 0 saturated heterocycles. The molecule has 3 rings (SSSR count). The Morgan fingerprint density at radius 1 is 1.24 bits per heavy atom. The van der Waals surface area contributed by atoms with Gasteiger partial charge in [0, 0.05) is 29.4 Å². The van der Waals surface area contributed by atoms with Crippen LogP contribution in [0.4, 0.5) is 11.6 Å². The highest BCUT2D eigenvalue weighted by Gasteiger charge is 2.28. The van der Waals surface area contributed by atoms with Crippen LogP contribution in [0.15, 0.2) is 17.5 Å². The predicted octanol–water partition coefficient (Wildman–Crippen LogP) is 3.81. The molecule has 0 atom stereocenters. The SMILES string of the molecule is CCNc1nc(C2CC2)nc(NCCc2cccs2)c1C. The Balaban J connectivity index is 1.72. The van der Waals surface area contributed by atoms with Gasteiger partial charge in [0.25, 0.3) is 0 Å². The molecule has 1 aliphatic carbocycles. The molecule has 1 fully saturated rings. The summed E-state index contributed by atoms with van der Waals surface area (Å²) in [6, 6.07) is 4.28. The van der Waals surface area contributed by atoms with Gasteiger partial charge in [0.1, 0.15) is 17.5 Å². The highest BCUT2D eigenvalue weighted by Crippen LogP contribution is 2.39. The van der Waals surface area contributed by atoms with Gasteiger partial charge in [-0.2, -0.15) is 0 Å². The van der Waals surface area contributed by atoms with Gasteiger partial charge in [-0.3, -0.25) is 0 Å². The zero-order valence-electron chi connectivity index (χ0n) is 12.6. The van der Waals surface area contributed by atoms with Crippen LogP contribution in [0.1, 0.15) is 41.9 Å². The van der Waals surface area contributed by atoms with Crippen LogP contribution in [0.2, 0.25) is 0 Å². The van der Waals surface area contributed by atoms with Crippen LogP contribution in [-0.2, 0) is 6.42 Å². The van der Waals surface area contributed by atoms with Crippen LogP contribution >= 0.6 is 11.3 Å². The minimum absolute atomic E-state index is 0.570. The van der Waals surface area contributed by atoms with Gasteiger partial charge in [-0.15, -0.1) is 11.3 Å². The molecule has 0 unspecified atom stereocenters. The van der Waals surface area contributed by atoms with E-state index in [1.54, 1.807) is 11.3 Å². The third kappa shape index (κ3) is 3.53. The monoisotopic (exact) mass is 302 g/mol. The molecule has 0 amide bonds. The Kier molecular flexibility index (Phi) is 4.39. The highest BCUT2D eigenvalue weighted by atomic mass is 32.1. The minimum Gasteiger partial charge on any atom is -0.370 e. The molecule has 0 spiro atoms. The van der Waals surface area contributed by atoms with Gasteiger partial charge in [-0.25, -0.2) is 9.97 Å². The molecule has 0 radical (unpaired) electrons. The van der Waals surface area contributed by atoms with E-state index >= 15 is 0 Å². The second kappa shape index (κ2) is 6.43. The lowest BCUT2D eigenvalue weighted by Crippen LogP contribution is -2.12. The fourth-order valence-electron chi connectivity index (χ4n) is 2.33. The van der Waals surface area contributed by atoms with Gasteiger partial charge < -0.3 is 10.6 Å². The first-order valence-corrected chi connectivity index (χ1v) is 8.54. The Labute approximate surface area is 130 Å². The first-order chi connectivity index (χ1) is 10.3. The maximum atomic E-state index is 4.74. The average Bonchev–Trinajstić information content (AvgIpc) is 3.20. The summed E-state index contributed by atoms with van der Waals surface area (Å²) in [6.07, 6.45) is 3.49. The van der Waals surface area contributed by atoms with E-state index < -0.39 is 0 Å². The molecule has 2 heterocycles. The highest BCUT2D eigenvalue weighted by molar-refractivity contribution is 7.09. The van der Waals surface area contributed by atoms with E-state index in [4.69, 9.17) is 4.98 Å². The molecule has 0 bridgehead atoms. The van der Waals surface area contributed by atoms with Crippen LogP contribution in [-0.4, -0.2) is 23.1 Å². The van der Waals surface area contributed by atoms with Crippen molar-refractivity contribution in [1.29, 1.82) is 0 Å². The standard InChI is InChI=1S/C16H22N4S/c1-3-17-14-11(2)15(20-16(19-14)12-6-7-12)18-9-8-13-5-4-10-21-13/h4-5,10,12H,3,6-9H2,1-2H3,(H2,17,18,19,20). The van der Waals surface area contributed by atoms with Crippen molar-refractivity contribution in [2.24, 2.45) is 0 Å². The molecule has 21 heavy (non-hydrogen) atoms. The Bertz CT molecular complexity index is 591. The van der Waals surface area contributed by atoms with Gasteiger partial charge in [-0.1, -0.05) is 6.07 Å². The number of nitrogens with one attached hydrogen (secondary N) is 2. The number of hydrogen-bond donors (Lipinski definition) is 2. The van der Waals surface area contributed by atoms with E-state index in [2.05, 4.69) is 47.0 Å². The molecule has 5 heteroatoms. The summed E-state index contributed by atoms with van der Waals surface area (Å²) < 4.78 is 0.